The molecular weight excluding hydrogens is 188 g/mol. The van der Waals surface area contributed by atoms with Gasteiger partial charge in [-0.3, -0.25) is 0 Å². The average Bonchev–Trinajstić information content (AvgIpc) is 2.18. The van der Waals surface area contributed by atoms with E-state index in [2.05, 4.69) is 6.58 Å². The lowest BCUT2D eigenvalue weighted by Gasteiger charge is -2.32. The molecule has 0 aromatic heterocycles. The highest BCUT2D eigenvalue weighted by Crippen LogP contribution is 2.37. The Morgan fingerprint density at radius 2 is 2.00 bits per heavy atom. The molecule has 82 valence electrons. The molecule has 1 atom stereocenters. The number of para-hydroxylation sites is 1. The van der Waals surface area contributed by atoms with Gasteiger partial charge in [0.15, 0.2) is 0 Å². The molecule has 0 aliphatic carbocycles. The van der Waals surface area contributed by atoms with Crippen LogP contribution < -0.4 is 0 Å². The predicted octanol–water partition coefficient (Wildman–Crippen LogP) is 2.81. The van der Waals surface area contributed by atoms with E-state index in [0.717, 1.165) is 0 Å². The molecule has 0 saturated carbocycles. The molecule has 0 radical (unpaired) electrons. The molecule has 0 fully saturated rings. The summed E-state index contributed by atoms with van der Waals surface area (Å²) in [5, 5.41) is 20.2. The highest BCUT2D eigenvalue weighted by molar-refractivity contribution is 5.37. The van der Waals surface area contributed by atoms with Gasteiger partial charge in [0.05, 0.1) is 5.60 Å². The van der Waals surface area contributed by atoms with Crippen molar-refractivity contribution in [3.05, 3.63) is 42.5 Å². The van der Waals surface area contributed by atoms with Crippen molar-refractivity contribution in [2.24, 2.45) is 5.92 Å². The largest absolute Gasteiger partial charge is 0.508 e. The Morgan fingerprint density at radius 1 is 1.40 bits per heavy atom. The zero-order valence-electron chi connectivity index (χ0n) is 9.27. The van der Waals surface area contributed by atoms with Crippen LogP contribution in [-0.2, 0) is 5.60 Å². The van der Waals surface area contributed by atoms with Crippen molar-refractivity contribution in [1.29, 1.82) is 0 Å². The standard InChI is InChI=1S/C13H18O2/c1-4-9-13(15,10(2)3)11-7-5-6-8-12(11)14/h4-8,10,14-15H,1,9H2,2-3H3/t13-/m0/s1. The van der Waals surface area contributed by atoms with Gasteiger partial charge in [-0.2, -0.15) is 0 Å². The molecule has 1 aromatic rings. The van der Waals surface area contributed by atoms with E-state index in [0.29, 0.717) is 12.0 Å². The molecule has 0 amide bonds. The van der Waals surface area contributed by atoms with Crippen LogP contribution in [0.1, 0.15) is 25.8 Å². The van der Waals surface area contributed by atoms with Crippen molar-refractivity contribution < 1.29 is 10.2 Å². The SMILES string of the molecule is C=CC[C@@](O)(c1ccccc1O)C(C)C. The zero-order valence-corrected chi connectivity index (χ0v) is 9.27. The molecule has 1 rings (SSSR count). The van der Waals surface area contributed by atoms with Crippen LogP contribution >= 0.6 is 0 Å². The fraction of sp³-hybridized carbons (Fsp3) is 0.385. The third-order valence-electron chi connectivity index (χ3n) is 2.78. The lowest BCUT2D eigenvalue weighted by atomic mass is 9.80. The van der Waals surface area contributed by atoms with Crippen LogP contribution in [0.25, 0.3) is 0 Å². The van der Waals surface area contributed by atoms with Crippen molar-refractivity contribution in [3.8, 4) is 5.75 Å². The Kier molecular flexibility index (Phi) is 3.53. The first kappa shape index (κ1) is 11.8. The minimum atomic E-state index is -1.03. The van der Waals surface area contributed by atoms with Crippen molar-refractivity contribution in [2.45, 2.75) is 25.9 Å². The molecule has 0 bridgehead atoms. The molecule has 0 aliphatic heterocycles. The lowest BCUT2D eigenvalue weighted by Crippen LogP contribution is -2.31. The summed E-state index contributed by atoms with van der Waals surface area (Å²) in [4.78, 5) is 0. The second-order valence-electron chi connectivity index (χ2n) is 4.09. The Labute approximate surface area is 90.9 Å². The molecule has 1 aromatic carbocycles. The second kappa shape index (κ2) is 4.49. The van der Waals surface area contributed by atoms with Gasteiger partial charge in [0.25, 0.3) is 0 Å². The third-order valence-corrected chi connectivity index (χ3v) is 2.78. The van der Waals surface area contributed by atoms with E-state index in [1.165, 1.54) is 0 Å². The van der Waals surface area contributed by atoms with Crippen LogP contribution in [0.4, 0.5) is 0 Å². The Balaban J connectivity index is 3.21. The smallest absolute Gasteiger partial charge is 0.121 e. The Bertz CT molecular complexity index is 344. The summed E-state index contributed by atoms with van der Waals surface area (Å²) in [6.45, 7) is 7.49. The number of hydrogen-bond acceptors (Lipinski definition) is 2. The molecule has 0 unspecified atom stereocenters. The summed E-state index contributed by atoms with van der Waals surface area (Å²) >= 11 is 0. The van der Waals surface area contributed by atoms with Crippen molar-refractivity contribution >= 4 is 0 Å². The van der Waals surface area contributed by atoms with Crippen LogP contribution in [0.15, 0.2) is 36.9 Å². The maximum absolute atomic E-state index is 10.5. The molecule has 0 aliphatic rings. The maximum atomic E-state index is 10.5. The van der Waals surface area contributed by atoms with Gasteiger partial charge in [0, 0.05) is 5.56 Å². The number of aliphatic hydroxyl groups is 1. The van der Waals surface area contributed by atoms with E-state index in [4.69, 9.17) is 0 Å². The molecule has 0 saturated heterocycles. The third kappa shape index (κ3) is 2.21. The second-order valence-corrected chi connectivity index (χ2v) is 4.09. The topological polar surface area (TPSA) is 40.5 Å². The first-order valence-electron chi connectivity index (χ1n) is 5.14. The molecular formula is C13H18O2. The number of phenolic OH excluding ortho intramolecular Hbond substituents is 1. The van der Waals surface area contributed by atoms with Gasteiger partial charge in [0.1, 0.15) is 5.75 Å². The van der Waals surface area contributed by atoms with E-state index in [9.17, 15) is 10.2 Å². The summed E-state index contributed by atoms with van der Waals surface area (Å²) in [7, 11) is 0. The summed E-state index contributed by atoms with van der Waals surface area (Å²) in [5.41, 5.74) is -0.465. The summed E-state index contributed by atoms with van der Waals surface area (Å²) in [5.74, 6) is 0.152. The monoisotopic (exact) mass is 206 g/mol. The van der Waals surface area contributed by atoms with E-state index in [-0.39, 0.29) is 11.7 Å². The molecule has 2 nitrogen and oxygen atoms in total. The highest BCUT2D eigenvalue weighted by atomic mass is 16.3. The fourth-order valence-electron chi connectivity index (χ4n) is 1.72. The predicted molar refractivity (Wildman–Crippen MR) is 61.7 cm³/mol. The molecule has 2 N–H and O–H groups in total. The quantitative estimate of drug-likeness (QED) is 0.744. The van der Waals surface area contributed by atoms with E-state index >= 15 is 0 Å². The Hall–Kier alpha value is -1.28. The molecule has 15 heavy (non-hydrogen) atoms. The summed E-state index contributed by atoms with van der Waals surface area (Å²) < 4.78 is 0. The lowest BCUT2D eigenvalue weighted by molar-refractivity contribution is -0.00922. The minimum absolute atomic E-state index is 0.0174. The zero-order chi connectivity index (χ0) is 11.5. The number of hydrogen-bond donors (Lipinski definition) is 2. The number of phenols is 1. The molecule has 0 heterocycles. The average molecular weight is 206 g/mol. The van der Waals surface area contributed by atoms with Gasteiger partial charge in [-0.1, -0.05) is 38.1 Å². The van der Waals surface area contributed by atoms with Gasteiger partial charge < -0.3 is 10.2 Å². The summed E-state index contributed by atoms with van der Waals surface area (Å²) in [6, 6.07) is 6.89. The molecule has 0 spiro atoms. The van der Waals surface area contributed by atoms with Gasteiger partial charge >= 0.3 is 0 Å². The van der Waals surface area contributed by atoms with Crippen LogP contribution in [0.5, 0.6) is 5.75 Å². The number of aromatic hydroxyl groups is 1. The maximum Gasteiger partial charge on any atom is 0.121 e. The van der Waals surface area contributed by atoms with Gasteiger partial charge in [0.2, 0.25) is 0 Å². The van der Waals surface area contributed by atoms with Crippen LogP contribution in [0, 0.1) is 5.92 Å². The van der Waals surface area contributed by atoms with E-state index < -0.39 is 5.60 Å². The van der Waals surface area contributed by atoms with Gasteiger partial charge in [-0.05, 0) is 18.4 Å². The van der Waals surface area contributed by atoms with Gasteiger partial charge in [-0.15, -0.1) is 6.58 Å². The summed E-state index contributed by atoms with van der Waals surface area (Å²) in [6.07, 6.45) is 2.11. The number of rotatable bonds is 4. The normalized spacial score (nSPS) is 14.9. The van der Waals surface area contributed by atoms with Gasteiger partial charge in [-0.25, -0.2) is 0 Å². The first-order chi connectivity index (χ1) is 7.02. The molecule has 2 heteroatoms. The van der Waals surface area contributed by atoms with Crippen LogP contribution in [0.3, 0.4) is 0 Å². The first-order valence-corrected chi connectivity index (χ1v) is 5.14. The number of benzene rings is 1. The van der Waals surface area contributed by atoms with E-state index in [1.807, 2.05) is 19.9 Å². The van der Waals surface area contributed by atoms with Crippen LogP contribution in [-0.4, -0.2) is 10.2 Å². The minimum Gasteiger partial charge on any atom is -0.508 e. The Morgan fingerprint density at radius 3 is 2.47 bits per heavy atom. The van der Waals surface area contributed by atoms with Crippen molar-refractivity contribution in [2.75, 3.05) is 0 Å². The van der Waals surface area contributed by atoms with Crippen molar-refractivity contribution in [3.63, 3.8) is 0 Å². The van der Waals surface area contributed by atoms with E-state index in [1.54, 1.807) is 24.3 Å². The fourth-order valence-corrected chi connectivity index (χ4v) is 1.72. The highest BCUT2D eigenvalue weighted by Gasteiger charge is 2.33. The van der Waals surface area contributed by atoms with Crippen LogP contribution in [0.2, 0.25) is 0 Å². The van der Waals surface area contributed by atoms with Crippen molar-refractivity contribution in [1.82, 2.24) is 0 Å².